The van der Waals surface area contributed by atoms with Crippen molar-refractivity contribution in [3.63, 3.8) is 0 Å². The van der Waals surface area contributed by atoms with Crippen molar-refractivity contribution >= 4 is 21.7 Å². The minimum atomic E-state index is -0.305. The third kappa shape index (κ3) is 3.37. The molecule has 1 rings (SSSR count). The van der Waals surface area contributed by atoms with Crippen molar-refractivity contribution < 1.29 is 4.39 Å². The lowest BCUT2D eigenvalue weighted by molar-refractivity contribution is 0.533. The van der Waals surface area contributed by atoms with Gasteiger partial charge in [0.2, 0.25) is 0 Å². The van der Waals surface area contributed by atoms with Gasteiger partial charge >= 0.3 is 0 Å². The average Bonchev–Trinajstić information content (AvgIpc) is 2.33. The fourth-order valence-electron chi connectivity index (χ4n) is 1.93. The van der Waals surface area contributed by atoms with E-state index in [1.807, 2.05) is 4.90 Å². The van der Waals surface area contributed by atoms with Crippen LogP contribution in [0.2, 0.25) is 0 Å². The van der Waals surface area contributed by atoms with Gasteiger partial charge < -0.3 is 4.90 Å². The number of hydrogen-bond acceptors (Lipinski definition) is 3. The molecular weight excluding hydrogens is 285 g/mol. The molecule has 0 amide bonds. The number of alkyl halides is 1. The topological polar surface area (TPSA) is 29.0 Å². The summed E-state index contributed by atoms with van der Waals surface area (Å²) < 4.78 is 14.0. The lowest BCUT2D eigenvalue weighted by Gasteiger charge is -2.31. The molecule has 17 heavy (non-hydrogen) atoms. The highest BCUT2D eigenvalue weighted by Crippen LogP contribution is 2.22. The van der Waals surface area contributed by atoms with E-state index in [-0.39, 0.29) is 5.82 Å². The molecule has 1 aromatic heterocycles. The Kier molecular flexibility index (Phi) is 5.82. The summed E-state index contributed by atoms with van der Waals surface area (Å²) in [7, 11) is 0. The maximum Gasteiger partial charge on any atom is 0.186 e. The molecule has 0 fully saturated rings. The third-order valence-corrected chi connectivity index (χ3v) is 3.28. The van der Waals surface area contributed by atoms with Crippen LogP contribution in [0.5, 0.6) is 0 Å². The molecule has 3 nitrogen and oxygen atoms in total. The van der Waals surface area contributed by atoms with E-state index in [1.165, 1.54) is 6.33 Å². The Balaban J connectivity index is 3.08. The smallest absolute Gasteiger partial charge is 0.186 e. The Bertz CT molecular complexity index is 356. The van der Waals surface area contributed by atoms with E-state index in [0.29, 0.717) is 17.6 Å². The largest absolute Gasteiger partial charge is 0.350 e. The first-order chi connectivity index (χ1) is 8.15. The molecule has 96 valence electrons. The Morgan fingerprint density at radius 2 is 2.00 bits per heavy atom. The highest BCUT2D eigenvalue weighted by Gasteiger charge is 2.20. The molecule has 5 heteroatoms. The zero-order valence-electron chi connectivity index (χ0n) is 10.6. The number of hydrogen-bond donors (Lipinski definition) is 0. The Hall–Kier alpha value is -0.710. The van der Waals surface area contributed by atoms with Crippen LogP contribution >= 0.6 is 15.9 Å². The molecular formula is C12H19BrFN3. The molecule has 0 radical (unpaired) electrons. The Labute approximate surface area is 111 Å². The first-order valence-corrected chi connectivity index (χ1v) is 7.07. The predicted molar refractivity (Wildman–Crippen MR) is 72.2 cm³/mol. The van der Waals surface area contributed by atoms with E-state index < -0.39 is 0 Å². The van der Waals surface area contributed by atoms with Gasteiger partial charge in [0.15, 0.2) is 11.6 Å². The van der Waals surface area contributed by atoms with E-state index in [9.17, 15) is 4.39 Å². The van der Waals surface area contributed by atoms with Crippen LogP contribution in [0.25, 0.3) is 0 Å². The van der Waals surface area contributed by atoms with Crippen molar-refractivity contribution in [1.29, 1.82) is 0 Å². The second-order valence-corrected chi connectivity index (χ2v) is 4.74. The van der Waals surface area contributed by atoms with Gasteiger partial charge in [0.1, 0.15) is 6.33 Å². The lowest BCUT2D eigenvalue weighted by atomic mass is 10.1. The number of nitrogens with zero attached hydrogens (tertiary/aromatic N) is 3. The first kappa shape index (κ1) is 14.4. The zero-order chi connectivity index (χ0) is 12.8. The summed E-state index contributed by atoms with van der Waals surface area (Å²) in [5, 5.41) is 0.798. The molecule has 0 unspecified atom stereocenters. The highest BCUT2D eigenvalue weighted by molar-refractivity contribution is 9.09. The minimum Gasteiger partial charge on any atom is -0.350 e. The molecule has 1 aromatic rings. The molecule has 1 heterocycles. The van der Waals surface area contributed by atoms with Crippen LogP contribution in [0.4, 0.5) is 10.2 Å². The van der Waals surface area contributed by atoms with Crippen LogP contribution in [0.3, 0.4) is 0 Å². The summed E-state index contributed by atoms with van der Waals surface area (Å²) in [6, 6.07) is 0.316. The van der Waals surface area contributed by atoms with Crippen molar-refractivity contribution in [1.82, 2.24) is 9.97 Å². The monoisotopic (exact) mass is 303 g/mol. The predicted octanol–water partition coefficient (Wildman–Crippen LogP) is 3.31. The van der Waals surface area contributed by atoms with Crippen molar-refractivity contribution in [3.8, 4) is 0 Å². The van der Waals surface area contributed by atoms with E-state index >= 15 is 0 Å². The summed E-state index contributed by atoms with van der Waals surface area (Å²) in [5.74, 6) is 0.117. The van der Waals surface area contributed by atoms with Crippen molar-refractivity contribution in [2.24, 2.45) is 0 Å². The zero-order valence-corrected chi connectivity index (χ0v) is 12.2. The summed E-state index contributed by atoms with van der Waals surface area (Å²) in [6.07, 6.45) is 3.38. The van der Waals surface area contributed by atoms with Gasteiger partial charge in [0.05, 0.1) is 5.69 Å². The average molecular weight is 304 g/mol. The fourth-order valence-corrected chi connectivity index (χ4v) is 2.31. The van der Waals surface area contributed by atoms with E-state index in [1.54, 1.807) is 6.92 Å². The van der Waals surface area contributed by atoms with Crippen molar-refractivity contribution in [2.45, 2.75) is 39.7 Å². The highest BCUT2D eigenvalue weighted by atomic mass is 79.9. The number of aromatic nitrogens is 2. The van der Waals surface area contributed by atoms with Gasteiger partial charge in [-0.05, 0) is 19.8 Å². The van der Waals surface area contributed by atoms with E-state index in [2.05, 4.69) is 39.7 Å². The SMILES string of the molecule is CCC(CC)N(CCBr)c1ncnc(C)c1F. The number of anilines is 1. The number of aryl methyl sites for hydroxylation is 1. The molecule has 0 saturated carbocycles. The second kappa shape index (κ2) is 6.89. The Morgan fingerprint density at radius 3 is 2.53 bits per heavy atom. The Morgan fingerprint density at radius 1 is 1.35 bits per heavy atom. The third-order valence-electron chi connectivity index (χ3n) is 2.93. The van der Waals surface area contributed by atoms with Gasteiger partial charge in [0.25, 0.3) is 0 Å². The normalized spacial score (nSPS) is 10.9. The van der Waals surface area contributed by atoms with Gasteiger partial charge in [-0.1, -0.05) is 29.8 Å². The van der Waals surface area contributed by atoms with Gasteiger partial charge in [-0.25, -0.2) is 14.4 Å². The molecule has 0 aliphatic heterocycles. The van der Waals surface area contributed by atoms with Gasteiger partial charge in [-0.3, -0.25) is 0 Å². The molecule has 0 aromatic carbocycles. The fraction of sp³-hybridized carbons (Fsp3) is 0.667. The number of halogens is 2. The summed E-state index contributed by atoms with van der Waals surface area (Å²) in [4.78, 5) is 9.99. The second-order valence-electron chi connectivity index (χ2n) is 3.95. The van der Waals surface area contributed by atoms with E-state index in [0.717, 1.165) is 24.7 Å². The van der Waals surface area contributed by atoms with Crippen molar-refractivity contribution in [2.75, 3.05) is 16.8 Å². The van der Waals surface area contributed by atoms with Crippen LogP contribution in [0.15, 0.2) is 6.33 Å². The molecule has 0 aliphatic rings. The van der Waals surface area contributed by atoms with Crippen LogP contribution in [0.1, 0.15) is 32.4 Å². The van der Waals surface area contributed by atoms with Gasteiger partial charge in [0, 0.05) is 17.9 Å². The minimum absolute atomic E-state index is 0.305. The number of rotatable bonds is 6. The van der Waals surface area contributed by atoms with Crippen LogP contribution in [-0.4, -0.2) is 27.9 Å². The molecule has 0 saturated heterocycles. The van der Waals surface area contributed by atoms with Gasteiger partial charge in [-0.15, -0.1) is 0 Å². The molecule has 0 aliphatic carbocycles. The maximum absolute atomic E-state index is 14.0. The first-order valence-electron chi connectivity index (χ1n) is 5.95. The van der Waals surface area contributed by atoms with Crippen LogP contribution < -0.4 is 4.90 Å². The van der Waals surface area contributed by atoms with E-state index in [4.69, 9.17) is 0 Å². The molecule has 0 spiro atoms. The van der Waals surface area contributed by atoms with Crippen molar-refractivity contribution in [3.05, 3.63) is 17.8 Å². The molecule has 0 N–H and O–H groups in total. The summed E-state index contributed by atoms with van der Waals surface area (Å²) >= 11 is 3.41. The maximum atomic E-state index is 14.0. The summed E-state index contributed by atoms with van der Waals surface area (Å²) in [5.41, 5.74) is 0.403. The van der Waals surface area contributed by atoms with Crippen LogP contribution in [0, 0.1) is 12.7 Å². The van der Waals surface area contributed by atoms with Gasteiger partial charge in [-0.2, -0.15) is 0 Å². The standard InChI is InChI=1S/C12H19BrFN3/c1-4-10(5-2)17(7-6-13)12-11(14)9(3)15-8-16-12/h8,10H,4-7H2,1-3H3. The summed E-state index contributed by atoms with van der Waals surface area (Å²) in [6.45, 7) is 6.64. The lowest BCUT2D eigenvalue weighted by Crippen LogP contribution is -2.37. The molecule has 0 atom stereocenters. The quantitative estimate of drug-likeness (QED) is 0.755. The van der Waals surface area contributed by atoms with Crippen LogP contribution in [-0.2, 0) is 0 Å². The molecule has 0 bridgehead atoms.